The van der Waals surface area contributed by atoms with E-state index < -0.39 is 5.60 Å². The molecule has 136 valence electrons. The van der Waals surface area contributed by atoms with Crippen LogP contribution in [0.1, 0.15) is 43.2 Å². The summed E-state index contributed by atoms with van der Waals surface area (Å²) in [4.78, 5) is 5.59. The molecule has 1 saturated carbocycles. The first-order chi connectivity index (χ1) is 12.1. The van der Waals surface area contributed by atoms with Crippen LogP contribution in [0.2, 0.25) is 0 Å². The Labute approximate surface area is 153 Å². The number of aliphatic hydroxyl groups is 1. The summed E-state index contributed by atoms with van der Waals surface area (Å²) >= 11 is 1.56. The Balaban J connectivity index is 1.59. The minimum atomic E-state index is -0.945. The summed E-state index contributed by atoms with van der Waals surface area (Å²) in [6.45, 7) is 2.89. The summed E-state index contributed by atoms with van der Waals surface area (Å²) < 4.78 is 5.37. The maximum atomic E-state index is 10.7. The highest BCUT2D eigenvalue weighted by molar-refractivity contribution is 7.10. The number of guanidine groups is 1. The van der Waals surface area contributed by atoms with E-state index in [1.54, 1.807) is 17.6 Å². The topological polar surface area (TPSA) is 69.8 Å². The number of rotatable bonds is 7. The van der Waals surface area contributed by atoms with E-state index in [0.717, 1.165) is 29.6 Å². The highest BCUT2D eigenvalue weighted by Gasteiger charge is 2.24. The molecule has 2 aromatic heterocycles. The summed E-state index contributed by atoms with van der Waals surface area (Å²) in [5.41, 5.74) is -0.945. The quantitative estimate of drug-likeness (QED) is 0.523. The fourth-order valence-electron chi connectivity index (χ4n) is 3.07. The molecular formula is C19H27N3O2S. The second kappa shape index (κ2) is 8.54. The predicted octanol–water partition coefficient (Wildman–Crippen LogP) is 3.27. The SMILES string of the molecule is CC(O)(CN=C(NCCc1ccco1)NC1CCCC1)c1cccs1. The molecular weight excluding hydrogens is 334 g/mol. The molecule has 0 radical (unpaired) electrons. The summed E-state index contributed by atoms with van der Waals surface area (Å²) in [5.74, 6) is 1.73. The van der Waals surface area contributed by atoms with Crippen LogP contribution in [0, 0.1) is 0 Å². The molecule has 5 nitrogen and oxygen atoms in total. The van der Waals surface area contributed by atoms with Crippen molar-refractivity contribution in [2.45, 2.75) is 50.7 Å². The van der Waals surface area contributed by atoms with Crippen molar-refractivity contribution in [3.05, 3.63) is 46.5 Å². The Hall–Kier alpha value is -1.79. The zero-order chi connectivity index (χ0) is 17.5. The van der Waals surface area contributed by atoms with E-state index in [0.29, 0.717) is 12.6 Å². The van der Waals surface area contributed by atoms with Gasteiger partial charge >= 0.3 is 0 Å². The van der Waals surface area contributed by atoms with Crippen LogP contribution < -0.4 is 10.6 Å². The van der Waals surface area contributed by atoms with E-state index in [1.165, 1.54) is 25.7 Å². The number of thiophene rings is 1. The first kappa shape index (κ1) is 18.0. The molecule has 3 rings (SSSR count). The van der Waals surface area contributed by atoms with Crippen molar-refractivity contribution in [2.75, 3.05) is 13.1 Å². The minimum absolute atomic E-state index is 0.330. The average molecular weight is 362 g/mol. The van der Waals surface area contributed by atoms with Crippen molar-refractivity contribution in [2.24, 2.45) is 4.99 Å². The lowest BCUT2D eigenvalue weighted by Gasteiger charge is -2.22. The Kier molecular flexibility index (Phi) is 6.15. The number of nitrogens with one attached hydrogen (secondary N) is 2. The van der Waals surface area contributed by atoms with Crippen molar-refractivity contribution in [1.82, 2.24) is 10.6 Å². The molecule has 1 fully saturated rings. The minimum Gasteiger partial charge on any atom is -0.469 e. The van der Waals surface area contributed by atoms with E-state index >= 15 is 0 Å². The van der Waals surface area contributed by atoms with Crippen LogP contribution in [0.15, 0.2) is 45.3 Å². The fourth-order valence-corrected chi connectivity index (χ4v) is 3.85. The lowest BCUT2D eigenvalue weighted by Crippen LogP contribution is -2.44. The zero-order valence-corrected chi connectivity index (χ0v) is 15.5. The van der Waals surface area contributed by atoms with Gasteiger partial charge < -0.3 is 20.2 Å². The summed E-state index contributed by atoms with van der Waals surface area (Å²) in [6.07, 6.45) is 7.40. The fraction of sp³-hybridized carbons (Fsp3) is 0.526. The van der Waals surface area contributed by atoms with Crippen LogP contribution in [0.5, 0.6) is 0 Å². The molecule has 0 spiro atoms. The van der Waals surface area contributed by atoms with Crippen LogP contribution in [-0.4, -0.2) is 30.2 Å². The first-order valence-electron chi connectivity index (χ1n) is 8.97. The monoisotopic (exact) mass is 361 g/mol. The maximum Gasteiger partial charge on any atom is 0.191 e. The largest absolute Gasteiger partial charge is 0.469 e. The molecule has 2 heterocycles. The van der Waals surface area contributed by atoms with Crippen LogP contribution in [0.4, 0.5) is 0 Å². The molecule has 6 heteroatoms. The van der Waals surface area contributed by atoms with Crippen molar-refractivity contribution < 1.29 is 9.52 Å². The molecule has 1 aliphatic rings. The molecule has 2 aromatic rings. The summed E-state index contributed by atoms with van der Waals surface area (Å²) in [5, 5.41) is 19.6. The second-order valence-electron chi connectivity index (χ2n) is 6.80. The number of nitrogens with zero attached hydrogens (tertiary/aromatic N) is 1. The van der Waals surface area contributed by atoms with Gasteiger partial charge in [0.15, 0.2) is 5.96 Å². The lowest BCUT2D eigenvalue weighted by atomic mass is 10.1. The summed E-state index contributed by atoms with van der Waals surface area (Å²) in [6, 6.07) is 8.26. The molecule has 0 aromatic carbocycles. The maximum absolute atomic E-state index is 10.7. The third-order valence-electron chi connectivity index (χ3n) is 4.54. The van der Waals surface area contributed by atoms with Crippen LogP contribution in [-0.2, 0) is 12.0 Å². The van der Waals surface area contributed by atoms with E-state index in [4.69, 9.17) is 4.42 Å². The van der Waals surface area contributed by atoms with Crippen LogP contribution in [0.3, 0.4) is 0 Å². The van der Waals surface area contributed by atoms with Gasteiger partial charge in [-0.25, -0.2) is 4.99 Å². The van der Waals surface area contributed by atoms with E-state index in [1.807, 2.05) is 36.6 Å². The van der Waals surface area contributed by atoms with Crippen molar-refractivity contribution in [3.8, 4) is 0 Å². The smallest absolute Gasteiger partial charge is 0.191 e. The Morgan fingerprint density at radius 1 is 1.36 bits per heavy atom. The van der Waals surface area contributed by atoms with E-state index in [2.05, 4.69) is 15.6 Å². The van der Waals surface area contributed by atoms with Gasteiger partial charge in [0.1, 0.15) is 11.4 Å². The molecule has 0 saturated heterocycles. The Bertz CT molecular complexity index is 644. The summed E-state index contributed by atoms with van der Waals surface area (Å²) in [7, 11) is 0. The zero-order valence-electron chi connectivity index (χ0n) is 14.7. The standard InChI is InChI=1S/C19H27N3O2S/c1-19(23,17-9-5-13-25-17)14-21-18(22-15-6-2-3-7-15)20-11-10-16-8-4-12-24-16/h4-5,8-9,12-13,15,23H,2-3,6-7,10-11,14H2,1H3,(H2,20,21,22). The van der Waals surface area contributed by atoms with Gasteiger partial charge in [0, 0.05) is 23.9 Å². The lowest BCUT2D eigenvalue weighted by molar-refractivity contribution is 0.0711. The van der Waals surface area contributed by atoms with Crippen molar-refractivity contribution >= 4 is 17.3 Å². The van der Waals surface area contributed by atoms with Crippen molar-refractivity contribution in [3.63, 3.8) is 0 Å². The van der Waals surface area contributed by atoms with Gasteiger partial charge in [-0.3, -0.25) is 0 Å². The van der Waals surface area contributed by atoms with E-state index in [9.17, 15) is 5.11 Å². The molecule has 1 aliphatic carbocycles. The van der Waals surface area contributed by atoms with Crippen LogP contribution in [0.25, 0.3) is 0 Å². The van der Waals surface area contributed by atoms with Gasteiger partial charge in [0.2, 0.25) is 0 Å². The van der Waals surface area contributed by atoms with Gasteiger partial charge in [-0.2, -0.15) is 0 Å². The number of hydrogen-bond acceptors (Lipinski definition) is 4. The third-order valence-corrected chi connectivity index (χ3v) is 5.66. The van der Waals surface area contributed by atoms with Gasteiger partial charge in [-0.1, -0.05) is 18.9 Å². The molecule has 25 heavy (non-hydrogen) atoms. The normalized spacial score (nSPS) is 18.2. The third kappa shape index (κ3) is 5.34. The average Bonchev–Trinajstić information content (AvgIpc) is 3.34. The van der Waals surface area contributed by atoms with Gasteiger partial charge in [0.05, 0.1) is 12.8 Å². The molecule has 0 amide bonds. The molecule has 3 N–H and O–H groups in total. The Morgan fingerprint density at radius 2 is 2.20 bits per heavy atom. The van der Waals surface area contributed by atoms with Crippen molar-refractivity contribution in [1.29, 1.82) is 0 Å². The van der Waals surface area contributed by atoms with Crippen LogP contribution >= 0.6 is 11.3 Å². The van der Waals surface area contributed by atoms with E-state index in [-0.39, 0.29) is 0 Å². The number of furan rings is 1. The highest BCUT2D eigenvalue weighted by Crippen LogP contribution is 2.25. The Morgan fingerprint density at radius 3 is 2.88 bits per heavy atom. The molecule has 0 bridgehead atoms. The number of hydrogen-bond donors (Lipinski definition) is 3. The first-order valence-corrected chi connectivity index (χ1v) is 9.85. The van der Waals surface area contributed by atoms with Gasteiger partial charge in [0.25, 0.3) is 0 Å². The highest BCUT2D eigenvalue weighted by atomic mass is 32.1. The molecule has 1 unspecified atom stereocenters. The second-order valence-corrected chi connectivity index (χ2v) is 7.75. The molecule has 1 atom stereocenters. The van der Waals surface area contributed by atoms with Gasteiger partial charge in [-0.05, 0) is 43.3 Å². The molecule has 0 aliphatic heterocycles. The van der Waals surface area contributed by atoms with Gasteiger partial charge in [-0.15, -0.1) is 11.3 Å². The predicted molar refractivity (Wildman–Crippen MR) is 102 cm³/mol. The number of aliphatic imine (C=N–C) groups is 1.